The minimum atomic E-state index is -0.553. The summed E-state index contributed by atoms with van der Waals surface area (Å²) in [5.74, 6) is -0.208. The number of nitrogens with zero attached hydrogens (tertiary/aromatic N) is 5. The number of benzene rings is 1. The molecule has 0 amide bonds. The summed E-state index contributed by atoms with van der Waals surface area (Å²) >= 11 is 0. The second-order valence-corrected chi connectivity index (χ2v) is 7.27. The SMILES string of the molecule is Oc1cc(F)cc(-c2nccc3[nH]c(-c4n[nH]c5ncc(-c6ccncc6)cc45)nc23)c1. The maximum atomic E-state index is 13.9. The smallest absolute Gasteiger partial charge is 0.159 e. The zero-order valence-electron chi connectivity index (χ0n) is 16.4. The average molecular weight is 423 g/mol. The number of pyridine rings is 3. The molecule has 1 aromatic carbocycles. The number of nitrogens with one attached hydrogen (secondary N) is 2. The van der Waals surface area contributed by atoms with Crippen LogP contribution >= 0.6 is 0 Å². The normalized spacial score (nSPS) is 11.4. The third-order valence-electron chi connectivity index (χ3n) is 5.21. The van der Waals surface area contributed by atoms with Crippen LogP contribution in [0.2, 0.25) is 0 Å². The van der Waals surface area contributed by atoms with Gasteiger partial charge in [0, 0.05) is 42.0 Å². The van der Waals surface area contributed by atoms with Crippen molar-refractivity contribution in [3.63, 3.8) is 0 Å². The van der Waals surface area contributed by atoms with Crippen LogP contribution in [0.3, 0.4) is 0 Å². The van der Waals surface area contributed by atoms with Crippen LogP contribution in [-0.2, 0) is 0 Å². The molecule has 0 fully saturated rings. The fourth-order valence-corrected chi connectivity index (χ4v) is 3.76. The Labute approximate surface area is 179 Å². The van der Waals surface area contributed by atoms with Crippen molar-refractivity contribution in [3.05, 3.63) is 73.1 Å². The number of hydrogen-bond donors (Lipinski definition) is 3. The molecule has 0 saturated heterocycles. The van der Waals surface area contributed by atoms with E-state index in [2.05, 4.69) is 30.1 Å². The Morgan fingerprint density at radius 3 is 2.56 bits per heavy atom. The van der Waals surface area contributed by atoms with Crippen molar-refractivity contribution in [2.24, 2.45) is 0 Å². The molecule has 5 heterocycles. The summed E-state index contributed by atoms with van der Waals surface area (Å²) < 4.78 is 13.9. The average Bonchev–Trinajstić information content (AvgIpc) is 3.42. The number of phenolic OH excluding ortho intramolecular Hbond substituents is 1. The van der Waals surface area contributed by atoms with Gasteiger partial charge in [-0.25, -0.2) is 14.4 Å². The Kier molecular flexibility index (Phi) is 3.94. The molecule has 3 N–H and O–H groups in total. The molecule has 0 aliphatic rings. The fourth-order valence-electron chi connectivity index (χ4n) is 3.76. The molecule has 0 saturated carbocycles. The van der Waals surface area contributed by atoms with E-state index in [1.807, 2.05) is 18.2 Å². The molecule has 0 aliphatic carbocycles. The molecule has 8 nitrogen and oxygen atoms in total. The van der Waals surface area contributed by atoms with Crippen LogP contribution in [0, 0.1) is 5.82 Å². The lowest BCUT2D eigenvalue weighted by Gasteiger charge is -2.03. The number of rotatable bonds is 3. The minimum Gasteiger partial charge on any atom is -0.508 e. The second kappa shape index (κ2) is 6.95. The highest BCUT2D eigenvalue weighted by atomic mass is 19.1. The molecule has 0 spiro atoms. The van der Waals surface area contributed by atoms with Gasteiger partial charge in [0.1, 0.15) is 22.8 Å². The molecule has 0 atom stereocenters. The van der Waals surface area contributed by atoms with Crippen LogP contribution in [0.5, 0.6) is 5.75 Å². The first-order valence-electron chi connectivity index (χ1n) is 9.75. The number of fused-ring (bicyclic) bond motifs is 2. The number of phenols is 1. The van der Waals surface area contributed by atoms with Crippen molar-refractivity contribution in [2.45, 2.75) is 0 Å². The monoisotopic (exact) mass is 423 g/mol. The van der Waals surface area contributed by atoms with Gasteiger partial charge in [0.05, 0.1) is 16.6 Å². The third-order valence-corrected chi connectivity index (χ3v) is 5.21. The lowest BCUT2D eigenvalue weighted by Crippen LogP contribution is -1.87. The van der Waals surface area contributed by atoms with E-state index in [-0.39, 0.29) is 5.75 Å². The Balaban J connectivity index is 1.52. The van der Waals surface area contributed by atoms with Crippen LogP contribution < -0.4 is 0 Å². The van der Waals surface area contributed by atoms with Crippen molar-refractivity contribution in [1.29, 1.82) is 0 Å². The first kappa shape index (κ1) is 18.1. The van der Waals surface area contributed by atoms with Crippen molar-refractivity contribution in [1.82, 2.24) is 35.1 Å². The number of imidazole rings is 1. The van der Waals surface area contributed by atoms with Crippen molar-refractivity contribution in [3.8, 4) is 39.7 Å². The van der Waals surface area contributed by atoms with Crippen molar-refractivity contribution in [2.75, 3.05) is 0 Å². The van der Waals surface area contributed by atoms with E-state index in [0.29, 0.717) is 39.5 Å². The van der Waals surface area contributed by atoms with Gasteiger partial charge in [0.15, 0.2) is 11.5 Å². The molecule has 6 aromatic rings. The Morgan fingerprint density at radius 1 is 0.844 bits per heavy atom. The summed E-state index contributed by atoms with van der Waals surface area (Å²) in [5, 5.41) is 18.0. The largest absolute Gasteiger partial charge is 0.508 e. The fraction of sp³-hybridized carbons (Fsp3) is 0. The summed E-state index contributed by atoms with van der Waals surface area (Å²) in [6, 6.07) is 11.4. The predicted octanol–water partition coefficient (Wildman–Crippen LogP) is 4.47. The number of aromatic hydroxyl groups is 1. The van der Waals surface area contributed by atoms with Crippen LogP contribution in [0.15, 0.2) is 67.3 Å². The second-order valence-electron chi connectivity index (χ2n) is 7.27. The number of aromatic nitrogens is 7. The van der Waals surface area contributed by atoms with Gasteiger partial charge < -0.3 is 10.1 Å². The minimum absolute atomic E-state index is 0.178. The number of halogens is 1. The molecule has 0 aliphatic heterocycles. The van der Waals surface area contributed by atoms with Gasteiger partial charge in [0.25, 0.3) is 0 Å². The van der Waals surface area contributed by atoms with E-state index in [9.17, 15) is 9.50 Å². The van der Waals surface area contributed by atoms with Gasteiger partial charge >= 0.3 is 0 Å². The van der Waals surface area contributed by atoms with Gasteiger partial charge in [-0.15, -0.1) is 0 Å². The molecule has 0 unspecified atom stereocenters. The molecule has 9 heteroatoms. The topological polar surface area (TPSA) is 116 Å². The third kappa shape index (κ3) is 2.95. The molecule has 6 rings (SSSR count). The van der Waals surface area contributed by atoms with Gasteiger partial charge in [0.2, 0.25) is 0 Å². The maximum Gasteiger partial charge on any atom is 0.159 e. The lowest BCUT2D eigenvalue weighted by molar-refractivity contribution is 0.469. The zero-order chi connectivity index (χ0) is 21.7. The van der Waals surface area contributed by atoms with Crippen molar-refractivity contribution >= 4 is 22.1 Å². The quantitative estimate of drug-likeness (QED) is 0.387. The van der Waals surface area contributed by atoms with E-state index in [4.69, 9.17) is 4.98 Å². The van der Waals surface area contributed by atoms with Crippen LogP contribution in [0.4, 0.5) is 4.39 Å². The highest BCUT2D eigenvalue weighted by molar-refractivity contribution is 5.96. The maximum absolute atomic E-state index is 13.9. The molecule has 0 radical (unpaired) electrons. The summed E-state index contributed by atoms with van der Waals surface area (Å²) in [4.78, 5) is 20.9. The molecular weight excluding hydrogens is 409 g/mol. The summed E-state index contributed by atoms with van der Waals surface area (Å²) in [6.45, 7) is 0. The summed E-state index contributed by atoms with van der Waals surface area (Å²) in [7, 11) is 0. The number of H-pyrrole nitrogens is 2. The van der Waals surface area contributed by atoms with E-state index in [0.717, 1.165) is 22.6 Å². The highest BCUT2D eigenvalue weighted by Crippen LogP contribution is 2.32. The van der Waals surface area contributed by atoms with Crippen LogP contribution in [-0.4, -0.2) is 40.2 Å². The van der Waals surface area contributed by atoms with E-state index < -0.39 is 5.82 Å². The summed E-state index contributed by atoms with van der Waals surface area (Å²) in [6.07, 6.45) is 6.84. The van der Waals surface area contributed by atoms with E-state index in [1.165, 1.54) is 12.1 Å². The molecule has 0 bridgehead atoms. The van der Waals surface area contributed by atoms with Gasteiger partial charge in [-0.2, -0.15) is 5.10 Å². The predicted molar refractivity (Wildman–Crippen MR) is 117 cm³/mol. The summed E-state index contributed by atoms with van der Waals surface area (Å²) in [5.41, 5.74) is 5.29. The first-order valence-corrected chi connectivity index (χ1v) is 9.75. The zero-order valence-corrected chi connectivity index (χ0v) is 16.4. The molecule has 5 aromatic heterocycles. The Morgan fingerprint density at radius 2 is 1.72 bits per heavy atom. The van der Waals surface area contributed by atoms with Gasteiger partial charge in [-0.3, -0.25) is 15.1 Å². The first-order chi connectivity index (χ1) is 15.7. The van der Waals surface area contributed by atoms with Gasteiger partial charge in [-0.05, 0) is 42.0 Å². The molecular formula is C23H14FN7O. The molecule has 32 heavy (non-hydrogen) atoms. The van der Waals surface area contributed by atoms with Gasteiger partial charge in [-0.1, -0.05) is 0 Å². The standard InChI is InChI=1S/C23H14FN7O/c24-15-7-13(8-16(32)10-15)19-21-18(3-6-26-19)28-23(29-21)20-17-9-14(11-27-22(17)31-30-20)12-1-4-25-5-2-12/h1-11,32H,(H,28,29)(H,27,30,31). The molecule has 154 valence electrons. The lowest BCUT2D eigenvalue weighted by atomic mass is 10.1. The number of hydrogen-bond acceptors (Lipinski definition) is 6. The van der Waals surface area contributed by atoms with Crippen LogP contribution in [0.25, 0.3) is 56.0 Å². The Hall–Kier alpha value is -4.66. The van der Waals surface area contributed by atoms with Crippen molar-refractivity contribution < 1.29 is 9.50 Å². The Bertz CT molecular complexity index is 1590. The van der Waals surface area contributed by atoms with E-state index >= 15 is 0 Å². The van der Waals surface area contributed by atoms with Crippen LogP contribution in [0.1, 0.15) is 0 Å². The van der Waals surface area contributed by atoms with E-state index in [1.54, 1.807) is 30.9 Å². The highest BCUT2D eigenvalue weighted by Gasteiger charge is 2.17. The number of aromatic amines is 2.